The highest BCUT2D eigenvalue weighted by Crippen LogP contribution is 2.28. The molecule has 4 nitrogen and oxygen atoms in total. The molecule has 1 aliphatic carbocycles. The van der Waals surface area contributed by atoms with Gasteiger partial charge in [0.2, 0.25) is 5.91 Å². The maximum absolute atomic E-state index is 12.0. The van der Waals surface area contributed by atoms with Crippen molar-refractivity contribution in [2.24, 2.45) is 5.73 Å². The molecule has 2 atom stereocenters. The van der Waals surface area contributed by atoms with Crippen molar-refractivity contribution in [3.63, 3.8) is 0 Å². The molecule has 0 bridgehead atoms. The SMILES string of the molecule is CCC(C)NC(=O)C(C)N(CCN)C1CC1. The van der Waals surface area contributed by atoms with Crippen LogP contribution in [0.3, 0.4) is 0 Å². The molecule has 3 N–H and O–H groups in total. The van der Waals surface area contributed by atoms with E-state index in [0.29, 0.717) is 12.6 Å². The summed E-state index contributed by atoms with van der Waals surface area (Å²) in [5.74, 6) is 0.134. The average Bonchev–Trinajstić information content (AvgIpc) is 3.08. The first kappa shape index (κ1) is 13.5. The lowest BCUT2D eigenvalue weighted by molar-refractivity contribution is -0.126. The summed E-state index contributed by atoms with van der Waals surface area (Å²) < 4.78 is 0. The Morgan fingerprint density at radius 2 is 2.12 bits per heavy atom. The fourth-order valence-electron chi connectivity index (χ4n) is 1.86. The summed E-state index contributed by atoms with van der Waals surface area (Å²) in [7, 11) is 0. The molecule has 0 aromatic heterocycles. The second kappa shape index (κ2) is 6.21. The predicted molar refractivity (Wildman–Crippen MR) is 66.1 cm³/mol. The van der Waals surface area contributed by atoms with Crippen molar-refractivity contribution in [3.05, 3.63) is 0 Å². The third-order valence-electron chi connectivity index (χ3n) is 3.28. The lowest BCUT2D eigenvalue weighted by atomic mass is 10.2. The van der Waals surface area contributed by atoms with Gasteiger partial charge in [-0.05, 0) is 33.1 Å². The van der Waals surface area contributed by atoms with Gasteiger partial charge in [-0.15, -0.1) is 0 Å². The van der Waals surface area contributed by atoms with Crippen LogP contribution in [-0.2, 0) is 4.79 Å². The van der Waals surface area contributed by atoms with Crippen LogP contribution in [-0.4, -0.2) is 42.0 Å². The minimum absolute atomic E-state index is 0.0509. The lowest BCUT2D eigenvalue weighted by Gasteiger charge is -2.28. The Balaban J connectivity index is 2.45. The van der Waals surface area contributed by atoms with E-state index in [2.05, 4.69) is 17.1 Å². The van der Waals surface area contributed by atoms with E-state index in [1.54, 1.807) is 0 Å². The molecule has 4 heteroatoms. The lowest BCUT2D eigenvalue weighted by Crippen LogP contribution is -2.49. The molecule has 0 heterocycles. The summed E-state index contributed by atoms with van der Waals surface area (Å²) in [5, 5.41) is 3.03. The van der Waals surface area contributed by atoms with Crippen LogP contribution in [0.4, 0.5) is 0 Å². The molecular formula is C12H25N3O. The fraction of sp³-hybridized carbons (Fsp3) is 0.917. The number of rotatable bonds is 7. The fourth-order valence-corrected chi connectivity index (χ4v) is 1.86. The van der Waals surface area contributed by atoms with E-state index in [1.807, 2.05) is 13.8 Å². The zero-order valence-corrected chi connectivity index (χ0v) is 10.7. The number of hydrogen-bond acceptors (Lipinski definition) is 3. The van der Waals surface area contributed by atoms with Gasteiger partial charge in [0.1, 0.15) is 0 Å². The van der Waals surface area contributed by atoms with Crippen LogP contribution < -0.4 is 11.1 Å². The average molecular weight is 227 g/mol. The topological polar surface area (TPSA) is 58.4 Å². The van der Waals surface area contributed by atoms with E-state index >= 15 is 0 Å². The maximum Gasteiger partial charge on any atom is 0.237 e. The molecule has 1 rings (SSSR count). The van der Waals surface area contributed by atoms with Gasteiger partial charge in [0.25, 0.3) is 0 Å². The Bertz CT molecular complexity index is 228. The molecule has 0 saturated heterocycles. The molecule has 1 amide bonds. The van der Waals surface area contributed by atoms with Crippen LogP contribution in [0.1, 0.15) is 40.0 Å². The first-order valence-electron chi connectivity index (χ1n) is 6.36. The highest BCUT2D eigenvalue weighted by atomic mass is 16.2. The predicted octanol–water partition coefficient (Wildman–Crippen LogP) is 0.713. The van der Waals surface area contributed by atoms with Gasteiger partial charge in [0.05, 0.1) is 6.04 Å². The summed E-state index contributed by atoms with van der Waals surface area (Å²) in [6.45, 7) is 7.53. The summed E-state index contributed by atoms with van der Waals surface area (Å²) in [6, 6.07) is 0.792. The summed E-state index contributed by atoms with van der Waals surface area (Å²) in [5.41, 5.74) is 5.59. The molecule has 0 aromatic carbocycles. The van der Waals surface area contributed by atoms with E-state index in [4.69, 9.17) is 5.73 Å². The maximum atomic E-state index is 12.0. The largest absolute Gasteiger partial charge is 0.352 e. The first-order chi connectivity index (χ1) is 7.60. The number of carbonyl (C=O) groups excluding carboxylic acids is 1. The molecule has 94 valence electrons. The van der Waals surface area contributed by atoms with Crippen molar-refractivity contribution >= 4 is 5.91 Å². The molecule has 1 aliphatic rings. The van der Waals surface area contributed by atoms with Gasteiger partial charge in [0.15, 0.2) is 0 Å². The number of carbonyl (C=O) groups is 1. The summed E-state index contributed by atoms with van der Waals surface area (Å²) in [6.07, 6.45) is 3.39. The Labute approximate surface area is 98.6 Å². The van der Waals surface area contributed by atoms with Gasteiger partial charge in [-0.25, -0.2) is 0 Å². The van der Waals surface area contributed by atoms with Crippen LogP contribution >= 0.6 is 0 Å². The first-order valence-corrected chi connectivity index (χ1v) is 6.36. The minimum Gasteiger partial charge on any atom is -0.352 e. The van der Waals surface area contributed by atoms with Crippen molar-refractivity contribution in [3.8, 4) is 0 Å². The van der Waals surface area contributed by atoms with E-state index in [1.165, 1.54) is 12.8 Å². The molecule has 0 spiro atoms. The molecule has 0 radical (unpaired) electrons. The number of nitrogens with one attached hydrogen (secondary N) is 1. The van der Waals surface area contributed by atoms with Gasteiger partial charge in [-0.2, -0.15) is 0 Å². The summed E-state index contributed by atoms with van der Waals surface area (Å²) >= 11 is 0. The van der Waals surface area contributed by atoms with Gasteiger partial charge >= 0.3 is 0 Å². The van der Waals surface area contributed by atoms with E-state index in [9.17, 15) is 4.79 Å². The Hall–Kier alpha value is -0.610. The van der Waals surface area contributed by atoms with Gasteiger partial charge in [-0.1, -0.05) is 6.92 Å². The van der Waals surface area contributed by atoms with Crippen molar-refractivity contribution in [1.82, 2.24) is 10.2 Å². The van der Waals surface area contributed by atoms with E-state index < -0.39 is 0 Å². The highest BCUT2D eigenvalue weighted by Gasteiger charge is 2.34. The van der Waals surface area contributed by atoms with E-state index in [0.717, 1.165) is 13.0 Å². The zero-order chi connectivity index (χ0) is 12.1. The monoisotopic (exact) mass is 227 g/mol. The quantitative estimate of drug-likeness (QED) is 0.673. The van der Waals surface area contributed by atoms with Crippen molar-refractivity contribution in [2.45, 2.75) is 58.2 Å². The van der Waals surface area contributed by atoms with Crippen LogP contribution in [0.2, 0.25) is 0 Å². The molecule has 16 heavy (non-hydrogen) atoms. The third kappa shape index (κ3) is 3.76. The van der Waals surface area contributed by atoms with Crippen LogP contribution in [0.5, 0.6) is 0 Å². The van der Waals surface area contributed by atoms with Gasteiger partial charge in [-0.3, -0.25) is 9.69 Å². The molecule has 0 aromatic rings. The van der Waals surface area contributed by atoms with Crippen molar-refractivity contribution in [2.75, 3.05) is 13.1 Å². The Morgan fingerprint density at radius 1 is 1.50 bits per heavy atom. The molecule has 1 fully saturated rings. The van der Waals surface area contributed by atoms with E-state index in [-0.39, 0.29) is 18.0 Å². The summed E-state index contributed by atoms with van der Waals surface area (Å²) in [4.78, 5) is 14.2. The van der Waals surface area contributed by atoms with Gasteiger partial charge < -0.3 is 11.1 Å². The van der Waals surface area contributed by atoms with Crippen LogP contribution in [0.15, 0.2) is 0 Å². The van der Waals surface area contributed by atoms with Crippen LogP contribution in [0.25, 0.3) is 0 Å². The standard InChI is InChI=1S/C12H25N3O/c1-4-9(2)14-12(16)10(3)15(8-7-13)11-5-6-11/h9-11H,4-8,13H2,1-3H3,(H,14,16). The normalized spacial score (nSPS) is 19.6. The molecule has 1 saturated carbocycles. The Kier molecular flexibility index (Phi) is 5.22. The minimum atomic E-state index is -0.0509. The number of nitrogens with zero attached hydrogens (tertiary/aromatic N) is 1. The molecular weight excluding hydrogens is 202 g/mol. The number of amides is 1. The second-order valence-electron chi connectivity index (χ2n) is 4.75. The van der Waals surface area contributed by atoms with Gasteiger partial charge in [0, 0.05) is 25.2 Å². The molecule has 0 aliphatic heterocycles. The third-order valence-corrected chi connectivity index (χ3v) is 3.28. The number of hydrogen-bond donors (Lipinski definition) is 2. The highest BCUT2D eigenvalue weighted by molar-refractivity contribution is 5.81. The van der Waals surface area contributed by atoms with Crippen molar-refractivity contribution < 1.29 is 4.79 Å². The smallest absolute Gasteiger partial charge is 0.237 e. The zero-order valence-electron chi connectivity index (χ0n) is 10.7. The van der Waals surface area contributed by atoms with Crippen molar-refractivity contribution in [1.29, 1.82) is 0 Å². The number of nitrogens with two attached hydrogens (primary N) is 1. The Morgan fingerprint density at radius 3 is 2.56 bits per heavy atom. The van der Waals surface area contributed by atoms with Crippen LogP contribution in [0, 0.1) is 0 Å². The second-order valence-corrected chi connectivity index (χ2v) is 4.75. The molecule has 2 unspecified atom stereocenters.